The fourth-order valence-corrected chi connectivity index (χ4v) is 3.33. The van der Waals surface area contributed by atoms with Gasteiger partial charge in [0.15, 0.2) is 0 Å². The van der Waals surface area contributed by atoms with E-state index in [0.717, 1.165) is 13.1 Å². The van der Waals surface area contributed by atoms with E-state index in [1.807, 2.05) is 13.8 Å². The highest BCUT2D eigenvalue weighted by Crippen LogP contribution is 2.40. The maximum atomic E-state index is 12.2. The Kier molecular flexibility index (Phi) is 4.30. The fourth-order valence-electron chi connectivity index (χ4n) is 3.33. The van der Waals surface area contributed by atoms with Crippen LogP contribution in [0, 0.1) is 11.8 Å². The second kappa shape index (κ2) is 5.52. The number of ether oxygens (including phenoxy) is 1. The number of nitrogens with zero attached hydrogens (tertiary/aromatic N) is 1. The molecular formula is C13H21F3N2O2. The van der Waals surface area contributed by atoms with Gasteiger partial charge in [0, 0.05) is 25.2 Å². The van der Waals surface area contributed by atoms with E-state index in [9.17, 15) is 18.0 Å². The Morgan fingerprint density at radius 2 is 2.10 bits per heavy atom. The van der Waals surface area contributed by atoms with Crippen LogP contribution in [0.2, 0.25) is 0 Å². The first-order valence-corrected chi connectivity index (χ1v) is 6.87. The molecule has 7 heteroatoms. The first-order chi connectivity index (χ1) is 9.22. The number of likely N-dealkylation sites (tertiary alicyclic amines) is 1. The second-order valence-electron chi connectivity index (χ2n) is 6.10. The van der Waals surface area contributed by atoms with Crippen molar-refractivity contribution in [3.05, 3.63) is 0 Å². The standard InChI is InChI=1S/C13H21F3N2O2/c1-12(2)10-6-17-5-9(10)7-18(12)11(19)3-4-20-8-13(14,15)16/h9-10,17H,3-8H2,1-2H3. The summed E-state index contributed by atoms with van der Waals surface area (Å²) in [5.74, 6) is 0.749. The molecule has 0 bridgehead atoms. The van der Waals surface area contributed by atoms with E-state index in [2.05, 4.69) is 10.1 Å². The number of amides is 1. The molecule has 4 nitrogen and oxygen atoms in total. The lowest BCUT2D eigenvalue weighted by molar-refractivity contribution is -0.175. The number of fused-ring (bicyclic) bond motifs is 1. The minimum absolute atomic E-state index is 0.00633. The van der Waals surface area contributed by atoms with Crippen LogP contribution in [0.1, 0.15) is 20.3 Å². The second-order valence-corrected chi connectivity index (χ2v) is 6.10. The molecule has 0 spiro atoms. The molecule has 116 valence electrons. The van der Waals surface area contributed by atoms with E-state index in [4.69, 9.17) is 0 Å². The molecule has 0 radical (unpaired) electrons. The summed E-state index contributed by atoms with van der Waals surface area (Å²) in [7, 11) is 0. The molecule has 2 heterocycles. The maximum Gasteiger partial charge on any atom is 0.411 e. The van der Waals surface area contributed by atoms with Crippen LogP contribution < -0.4 is 5.32 Å². The Morgan fingerprint density at radius 1 is 1.40 bits per heavy atom. The predicted octanol–water partition coefficient (Wildman–Crippen LogP) is 1.41. The van der Waals surface area contributed by atoms with Crippen LogP contribution in [0.15, 0.2) is 0 Å². The van der Waals surface area contributed by atoms with Gasteiger partial charge in [-0.3, -0.25) is 4.79 Å². The average molecular weight is 294 g/mol. The quantitative estimate of drug-likeness (QED) is 0.797. The summed E-state index contributed by atoms with van der Waals surface area (Å²) in [6.45, 7) is 5.06. The Balaban J connectivity index is 1.81. The molecule has 2 atom stereocenters. The summed E-state index contributed by atoms with van der Waals surface area (Å²) in [6.07, 6.45) is -4.33. The fraction of sp³-hybridized carbons (Fsp3) is 0.923. The first kappa shape index (κ1) is 15.6. The topological polar surface area (TPSA) is 41.6 Å². The lowest BCUT2D eigenvalue weighted by Crippen LogP contribution is -2.47. The Morgan fingerprint density at radius 3 is 2.70 bits per heavy atom. The number of carbonyl (C=O) groups excluding carboxylic acids is 1. The average Bonchev–Trinajstić information content (AvgIpc) is 2.86. The monoisotopic (exact) mass is 294 g/mol. The first-order valence-electron chi connectivity index (χ1n) is 6.87. The zero-order valence-corrected chi connectivity index (χ0v) is 11.8. The molecule has 0 saturated carbocycles. The van der Waals surface area contributed by atoms with Crippen LogP contribution >= 0.6 is 0 Å². The third-order valence-electron chi connectivity index (χ3n) is 4.39. The molecule has 0 aromatic carbocycles. The summed E-state index contributed by atoms with van der Waals surface area (Å²) in [5.41, 5.74) is -0.241. The van der Waals surface area contributed by atoms with Crippen LogP contribution in [0.25, 0.3) is 0 Å². The van der Waals surface area contributed by atoms with Gasteiger partial charge in [-0.05, 0) is 25.7 Å². The minimum Gasteiger partial charge on any atom is -0.372 e. The molecule has 0 aromatic rings. The summed E-state index contributed by atoms with van der Waals surface area (Å²) < 4.78 is 40.3. The number of hydrogen-bond donors (Lipinski definition) is 1. The van der Waals surface area contributed by atoms with Crippen molar-refractivity contribution in [1.29, 1.82) is 0 Å². The lowest BCUT2D eigenvalue weighted by atomic mass is 9.85. The molecule has 2 unspecified atom stereocenters. The molecule has 2 aliphatic rings. The number of halogens is 3. The van der Waals surface area contributed by atoms with Gasteiger partial charge in [0.05, 0.1) is 13.0 Å². The van der Waals surface area contributed by atoms with E-state index in [1.54, 1.807) is 4.90 Å². The van der Waals surface area contributed by atoms with Gasteiger partial charge in [-0.25, -0.2) is 0 Å². The van der Waals surface area contributed by atoms with Crippen molar-refractivity contribution in [2.24, 2.45) is 11.8 Å². The highest BCUT2D eigenvalue weighted by Gasteiger charge is 2.50. The number of hydrogen-bond acceptors (Lipinski definition) is 3. The van der Waals surface area contributed by atoms with Gasteiger partial charge in [0.2, 0.25) is 5.91 Å². The molecule has 2 fully saturated rings. The molecule has 1 N–H and O–H groups in total. The number of rotatable bonds is 4. The van der Waals surface area contributed by atoms with Crippen LogP contribution in [-0.2, 0) is 9.53 Å². The Hall–Kier alpha value is -0.820. The lowest BCUT2D eigenvalue weighted by Gasteiger charge is -2.35. The van der Waals surface area contributed by atoms with Crippen molar-refractivity contribution in [2.45, 2.75) is 32.0 Å². The third-order valence-corrected chi connectivity index (χ3v) is 4.39. The van der Waals surface area contributed by atoms with Crippen molar-refractivity contribution in [1.82, 2.24) is 10.2 Å². The molecule has 2 rings (SSSR count). The van der Waals surface area contributed by atoms with Gasteiger partial charge in [-0.2, -0.15) is 13.2 Å². The number of nitrogens with one attached hydrogen (secondary N) is 1. The van der Waals surface area contributed by atoms with Crippen LogP contribution in [-0.4, -0.2) is 55.4 Å². The van der Waals surface area contributed by atoms with Crippen molar-refractivity contribution in [2.75, 3.05) is 32.8 Å². The smallest absolute Gasteiger partial charge is 0.372 e. The van der Waals surface area contributed by atoms with Crippen molar-refractivity contribution in [3.63, 3.8) is 0 Å². The van der Waals surface area contributed by atoms with Crippen molar-refractivity contribution >= 4 is 5.91 Å². The summed E-state index contributed by atoms with van der Waals surface area (Å²) in [6, 6.07) is 0. The van der Waals surface area contributed by atoms with Crippen LogP contribution in [0.4, 0.5) is 13.2 Å². The van der Waals surface area contributed by atoms with Crippen LogP contribution in [0.5, 0.6) is 0 Å². The summed E-state index contributed by atoms with van der Waals surface area (Å²) in [4.78, 5) is 14.0. The van der Waals surface area contributed by atoms with E-state index in [0.29, 0.717) is 18.4 Å². The zero-order chi connectivity index (χ0) is 15.0. The molecule has 0 aliphatic carbocycles. The number of carbonyl (C=O) groups is 1. The van der Waals surface area contributed by atoms with E-state index in [1.165, 1.54) is 0 Å². The van der Waals surface area contributed by atoms with E-state index in [-0.39, 0.29) is 24.5 Å². The highest BCUT2D eigenvalue weighted by molar-refractivity contribution is 5.77. The van der Waals surface area contributed by atoms with Gasteiger partial charge in [-0.1, -0.05) is 0 Å². The van der Waals surface area contributed by atoms with Gasteiger partial charge in [0.25, 0.3) is 0 Å². The van der Waals surface area contributed by atoms with E-state index < -0.39 is 12.8 Å². The highest BCUT2D eigenvalue weighted by atomic mass is 19.4. The van der Waals surface area contributed by atoms with Gasteiger partial charge < -0.3 is 15.0 Å². The SMILES string of the molecule is CC1(C)C2CNCC2CN1C(=O)CCOCC(F)(F)F. The van der Waals surface area contributed by atoms with Crippen LogP contribution in [0.3, 0.4) is 0 Å². The van der Waals surface area contributed by atoms with Gasteiger partial charge in [0.1, 0.15) is 6.61 Å². The van der Waals surface area contributed by atoms with Gasteiger partial charge >= 0.3 is 6.18 Å². The normalized spacial score (nSPS) is 28.8. The van der Waals surface area contributed by atoms with Gasteiger partial charge in [-0.15, -0.1) is 0 Å². The van der Waals surface area contributed by atoms with E-state index >= 15 is 0 Å². The minimum atomic E-state index is -4.33. The third kappa shape index (κ3) is 3.25. The van der Waals surface area contributed by atoms with Crippen molar-refractivity contribution < 1.29 is 22.7 Å². The Labute approximate surface area is 116 Å². The zero-order valence-electron chi connectivity index (χ0n) is 11.8. The molecule has 2 aliphatic heterocycles. The molecule has 1 amide bonds. The molecule has 2 saturated heterocycles. The molecular weight excluding hydrogens is 273 g/mol. The predicted molar refractivity (Wildman–Crippen MR) is 67.1 cm³/mol. The summed E-state index contributed by atoms with van der Waals surface area (Å²) in [5, 5.41) is 3.32. The van der Waals surface area contributed by atoms with Crippen molar-refractivity contribution in [3.8, 4) is 0 Å². The largest absolute Gasteiger partial charge is 0.411 e. The number of alkyl halides is 3. The summed E-state index contributed by atoms with van der Waals surface area (Å²) >= 11 is 0. The molecule has 0 aromatic heterocycles. The Bertz CT molecular complexity index is 371. The maximum absolute atomic E-state index is 12.2. The molecule has 20 heavy (non-hydrogen) atoms.